The van der Waals surface area contributed by atoms with Crippen LogP contribution in [0.1, 0.15) is 18.9 Å². The molecule has 1 saturated heterocycles. The quantitative estimate of drug-likeness (QED) is 0.794. The maximum absolute atomic E-state index is 13.3. The SMILES string of the molecule is CC(COC1CCOC1)NC(=O)C1Cc2cc(F)ccc2NC1=O. The van der Waals surface area contributed by atoms with Gasteiger partial charge in [-0.2, -0.15) is 0 Å². The van der Waals surface area contributed by atoms with Gasteiger partial charge in [-0.25, -0.2) is 4.39 Å². The molecule has 1 aromatic rings. The number of rotatable bonds is 5. The van der Waals surface area contributed by atoms with Crippen LogP contribution in [0.25, 0.3) is 0 Å². The van der Waals surface area contributed by atoms with Crippen molar-refractivity contribution >= 4 is 17.5 Å². The molecule has 0 saturated carbocycles. The highest BCUT2D eigenvalue weighted by molar-refractivity contribution is 6.08. The zero-order valence-electron chi connectivity index (χ0n) is 13.5. The van der Waals surface area contributed by atoms with Crippen molar-refractivity contribution in [3.63, 3.8) is 0 Å². The van der Waals surface area contributed by atoms with Crippen molar-refractivity contribution in [1.29, 1.82) is 0 Å². The van der Waals surface area contributed by atoms with Crippen molar-refractivity contribution < 1.29 is 23.5 Å². The van der Waals surface area contributed by atoms with Gasteiger partial charge in [-0.05, 0) is 43.5 Å². The molecule has 6 nitrogen and oxygen atoms in total. The summed E-state index contributed by atoms with van der Waals surface area (Å²) in [5.41, 5.74) is 1.19. The van der Waals surface area contributed by atoms with Crippen molar-refractivity contribution in [3.8, 4) is 0 Å². The molecule has 2 N–H and O–H groups in total. The van der Waals surface area contributed by atoms with Crippen LogP contribution in [-0.4, -0.2) is 43.8 Å². The van der Waals surface area contributed by atoms with Gasteiger partial charge in [0, 0.05) is 18.3 Å². The Bertz CT molecular complexity index is 631. The van der Waals surface area contributed by atoms with Gasteiger partial charge in [0.05, 0.1) is 19.3 Å². The van der Waals surface area contributed by atoms with E-state index < -0.39 is 5.92 Å². The molecule has 2 amide bonds. The Morgan fingerprint density at radius 2 is 2.38 bits per heavy atom. The molecule has 3 unspecified atom stereocenters. The minimum Gasteiger partial charge on any atom is -0.379 e. The molecule has 0 spiro atoms. The normalized spacial score (nSPS) is 24.2. The van der Waals surface area contributed by atoms with Gasteiger partial charge in [-0.15, -0.1) is 0 Å². The predicted molar refractivity (Wildman–Crippen MR) is 85.0 cm³/mol. The van der Waals surface area contributed by atoms with Crippen LogP contribution in [0, 0.1) is 11.7 Å². The average molecular weight is 336 g/mol. The van der Waals surface area contributed by atoms with Gasteiger partial charge in [-0.3, -0.25) is 9.59 Å². The van der Waals surface area contributed by atoms with Crippen LogP contribution in [0.4, 0.5) is 10.1 Å². The van der Waals surface area contributed by atoms with E-state index >= 15 is 0 Å². The minimum absolute atomic E-state index is 0.0668. The summed E-state index contributed by atoms with van der Waals surface area (Å²) in [5.74, 6) is -1.99. The van der Waals surface area contributed by atoms with Crippen LogP contribution in [0.15, 0.2) is 18.2 Å². The van der Waals surface area contributed by atoms with Gasteiger partial charge in [-0.1, -0.05) is 0 Å². The summed E-state index contributed by atoms with van der Waals surface area (Å²) in [6.07, 6.45) is 1.11. The van der Waals surface area contributed by atoms with Crippen LogP contribution < -0.4 is 10.6 Å². The molecular formula is C17H21FN2O4. The number of carbonyl (C=O) groups is 2. The van der Waals surface area contributed by atoms with Gasteiger partial charge < -0.3 is 20.1 Å². The number of carbonyl (C=O) groups excluding carboxylic acids is 2. The van der Waals surface area contributed by atoms with Gasteiger partial charge >= 0.3 is 0 Å². The first-order valence-electron chi connectivity index (χ1n) is 8.12. The smallest absolute Gasteiger partial charge is 0.237 e. The summed E-state index contributed by atoms with van der Waals surface area (Å²) in [4.78, 5) is 24.5. The number of anilines is 1. The van der Waals surface area contributed by atoms with E-state index in [2.05, 4.69) is 10.6 Å². The Hall–Kier alpha value is -1.99. The first-order chi connectivity index (χ1) is 11.5. The summed E-state index contributed by atoms with van der Waals surface area (Å²) in [6, 6.07) is 3.92. The Morgan fingerprint density at radius 3 is 3.12 bits per heavy atom. The van der Waals surface area contributed by atoms with Crippen LogP contribution in [0.2, 0.25) is 0 Å². The maximum Gasteiger partial charge on any atom is 0.237 e. The highest BCUT2D eigenvalue weighted by Crippen LogP contribution is 2.26. The molecule has 130 valence electrons. The van der Waals surface area contributed by atoms with Crippen molar-refractivity contribution in [3.05, 3.63) is 29.6 Å². The van der Waals surface area contributed by atoms with Crippen LogP contribution in [0.3, 0.4) is 0 Å². The summed E-state index contributed by atoms with van der Waals surface area (Å²) >= 11 is 0. The predicted octanol–water partition coefficient (Wildman–Crippen LogP) is 1.25. The molecule has 1 aromatic carbocycles. The molecule has 3 rings (SSSR count). The minimum atomic E-state index is -0.864. The molecule has 0 bridgehead atoms. The fourth-order valence-corrected chi connectivity index (χ4v) is 2.91. The van der Waals surface area contributed by atoms with Gasteiger partial charge in [0.2, 0.25) is 11.8 Å². The Balaban J connectivity index is 1.55. The summed E-state index contributed by atoms with van der Waals surface area (Å²) in [5, 5.41) is 5.44. The zero-order valence-corrected chi connectivity index (χ0v) is 13.5. The zero-order chi connectivity index (χ0) is 17.1. The fraction of sp³-hybridized carbons (Fsp3) is 0.529. The summed E-state index contributed by atoms with van der Waals surface area (Å²) in [6.45, 7) is 3.46. The largest absolute Gasteiger partial charge is 0.379 e. The monoisotopic (exact) mass is 336 g/mol. The number of benzene rings is 1. The topological polar surface area (TPSA) is 76.7 Å². The number of fused-ring (bicyclic) bond motifs is 1. The Labute approximate surface area is 139 Å². The molecule has 3 atom stereocenters. The third-order valence-electron chi connectivity index (χ3n) is 4.24. The number of nitrogens with one attached hydrogen (secondary N) is 2. The van der Waals surface area contributed by atoms with E-state index in [-0.39, 0.29) is 36.2 Å². The Kier molecular flexibility index (Phi) is 5.11. The average Bonchev–Trinajstić information content (AvgIpc) is 3.06. The molecule has 0 radical (unpaired) electrons. The van der Waals surface area contributed by atoms with E-state index in [1.165, 1.54) is 18.2 Å². The first-order valence-corrected chi connectivity index (χ1v) is 8.12. The third-order valence-corrected chi connectivity index (χ3v) is 4.24. The van der Waals surface area contributed by atoms with E-state index in [9.17, 15) is 14.0 Å². The molecule has 24 heavy (non-hydrogen) atoms. The number of amides is 2. The van der Waals surface area contributed by atoms with E-state index in [0.29, 0.717) is 31.1 Å². The molecule has 2 heterocycles. The van der Waals surface area contributed by atoms with Crippen molar-refractivity contribution in [2.75, 3.05) is 25.1 Å². The lowest BCUT2D eigenvalue weighted by Gasteiger charge is -2.25. The molecular weight excluding hydrogens is 315 g/mol. The highest BCUT2D eigenvalue weighted by atomic mass is 19.1. The van der Waals surface area contributed by atoms with Gasteiger partial charge in [0.1, 0.15) is 11.7 Å². The number of ether oxygens (including phenoxy) is 2. The van der Waals surface area contributed by atoms with Crippen LogP contribution >= 0.6 is 0 Å². The second kappa shape index (κ2) is 7.27. The molecule has 0 aromatic heterocycles. The van der Waals surface area contributed by atoms with Crippen molar-refractivity contribution in [2.45, 2.75) is 31.9 Å². The third kappa shape index (κ3) is 3.91. The van der Waals surface area contributed by atoms with E-state index in [1.54, 1.807) is 0 Å². The maximum atomic E-state index is 13.3. The van der Waals surface area contributed by atoms with Gasteiger partial charge in [0.25, 0.3) is 0 Å². The van der Waals surface area contributed by atoms with Crippen molar-refractivity contribution in [2.24, 2.45) is 5.92 Å². The van der Waals surface area contributed by atoms with E-state index in [4.69, 9.17) is 9.47 Å². The summed E-state index contributed by atoms with van der Waals surface area (Å²) < 4.78 is 24.2. The lowest BCUT2D eigenvalue weighted by molar-refractivity contribution is -0.133. The molecule has 0 aliphatic carbocycles. The first kappa shape index (κ1) is 16.9. The van der Waals surface area contributed by atoms with E-state index in [1.807, 2.05) is 6.92 Å². The van der Waals surface area contributed by atoms with Crippen LogP contribution in [0.5, 0.6) is 0 Å². The molecule has 2 aliphatic rings. The van der Waals surface area contributed by atoms with Gasteiger partial charge in [0.15, 0.2) is 0 Å². The number of halogens is 1. The Morgan fingerprint density at radius 1 is 1.54 bits per heavy atom. The molecule has 1 fully saturated rings. The second-order valence-electron chi connectivity index (χ2n) is 6.28. The lowest BCUT2D eigenvalue weighted by atomic mass is 9.92. The number of hydrogen-bond donors (Lipinski definition) is 2. The fourth-order valence-electron chi connectivity index (χ4n) is 2.91. The van der Waals surface area contributed by atoms with Crippen molar-refractivity contribution in [1.82, 2.24) is 5.32 Å². The lowest BCUT2D eigenvalue weighted by Crippen LogP contribution is -2.46. The number of hydrogen-bond acceptors (Lipinski definition) is 4. The summed E-state index contributed by atoms with van der Waals surface area (Å²) in [7, 11) is 0. The highest BCUT2D eigenvalue weighted by Gasteiger charge is 2.33. The second-order valence-corrected chi connectivity index (χ2v) is 6.28. The molecule has 7 heteroatoms. The molecule has 2 aliphatic heterocycles. The standard InChI is InChI=1S/C17H21FN2O4/c1-10(8-24-13-4-5-23-9-13)19-16(21)14-7-11-6-12(18)2-3-15(11)20-17(14)22/h2-3,6,10,13-14H,4-5,7-9H2,1H3,(H,19,21)(H,20,22). The van der Waals surface area contributed by atoms with Crippen LogP contribution in [-0.2, 0) is 25.5 Å². The van der Waals surface area contributed by atoms with E-state index in [0.717, 1.165) is 6.42 Å².